The van der Waals surface area contributed by atoms with Crippen LogP contribution in [-0.2, 0) is 16.0 Å². The summed E-state index contributed by atoms with van der Waals surface area (Å²) in [6.45, 7) is 2.74. The molecule has 3 rings (SSSR count). The van der Waals surface area contributed by atoms with Gasteiger partial charge in [-0.1, -0.05) is 6.07 Å². The number of amides is 1. The summed E-state index contributed by atoms with van der Waals surface area (Å²) in [7, 11) is 0. The van der Waals surface area contributed by atoms with Gasteiger partial charge in [0.05, 0.1) is 24.3 Å². The molecule has 1 amide bonds. The molecule has 5 heteroatoms. The molecule has 1 aliphatic carbocycles. The van der Waals surface area contributed by atoms with Crippen molar-refractivity contribution in [3.63, 3.8) is 0 Å². The van der Waals surface area contributed by atoms with Crippen molar-refractivity contribution in [2.45, 2.75) is 44.4 Å². The van der Waals surface area contributed by atoms with E-state index in [-0.39, 0.29) is 24.1 Å². The third kappa shape index (κ3) is 2.43. The summed E-state index contributed by atoms with van der Waals surface area (Å²) < 4.78 is 5.72. The molecule has 3 N–H and O–H groups in total. The van der Waals surface area contributed by atoms with Gasteiger partial charge in [-0.25, -0.2) is 0 Å². The van der Waals surface area contributed by atoms with Crippen LogP contribution in [0.25, 0.3) is 0 Å². The molecule has 1 aromatic heterocycles. The van der Waals surface area contributed by atoms with Gasteiger partial charge >= 0.3 is 0 Å². The summed E-state index contributed by atoms with van der Waals surface area (Å²) in [6, 6.07) is 3.82. The Morgan fingerprint density at radius 2 is 2.45 bits per heavy atom. The normalized spacial score (nSPS) is 32.1. The molecule has 2 aliphatic rings. The molecule has 0 spiro atoms. The number of rotatable bonds is 3. The quantitative estimate of drug-likeness (QED) is 0.844. The summed E-state index contributed by atoms with van der Waals surface area (Å²) in [5.41, 5.74) is 7.99. The summed E-state index contributed by atoms with van der Waals surface area (Å²) >= 11 is 0. The van der Waals surface area contributed by atoms with Gasteiger partial charge in [0.25, 0.3) is 0 Å². The first-order valence-electron chi connectivity index (χ1n) is 7.24. The zero-order valence-corrected chi connectivity index (χ0v) is 11.7. The second kappa shape index (κ2) is 5.50. The maximum absolute atomic E-state index is 12.1. The molecular formula is C15H21N3O2. The van der Waals surface area contributed by atoms with E-state index in [2.05, 4.69) is 10.3 Å². The van der Waals surface area contributed by atoms with E-state index in [4.69, 9.17) is 10.5 Å². The van der Waals surface area contributed by atoms with Crippen molar-refractivity contribution in [2.75, 3.05) is 6.61 Å². The van der Waals surface area contributed by atoms with Gasteiger partial charge in [-0.15, -0.1) is 0 Å². The van der Waals surface area contributed by atoms with E-state index in [1.54, 1.807) is 6.20 Å². The van der Waals surface area contributed by atoms with Crippen LogP contribution >= 0.6 is 0 Å². The molecule has 4 atom stereocenters. The SMILES string of the molecule is Cc1cccnc1CC(=O)NC1C(N)C2CCCOC21. The van der Waals surface area contributed by atoms with Crippen molar-refractivity contribution in [3.05, 3.63) is 29.6 Å². The van der Waals surface area contributed by atoms with E-state index in [1.165, 1.54) is 0 Å². The highest BCUT2D eigenvalue weighted by atomic mass is 16.5. The van der Waals surface area contributed by atoms with Gasteiger partial charge in [-0.05, 0) is 31.4 Å². The van der Waals surface area contributed by atoms with Gasteiger partial charge in [0.1, 0.15) is 0 Å². The number of nitrogens with two attached hydrogens (primary N) is 1. The number of nitrogens with zero attached hydrogens (tertiary/aromatic N) is 1. The summed E-state index contributed by atoms with van der Waals surface area (Å²) in [5.74, 6) is 0.380. The van der Waals surface area contributed by atoms with Crippen molar-refractivity contribution in [3.8, 4) is 0 Å². The van der Waals surface area contributed by atoms with Gasteiger partial charge in [-0.2, -0.15) is 0 Å². The lowest BCUT2D eigenvalue weighted by Gasteiger charge is -2.52. The predicted molar refractivity (Wildman–Crippen MR) is 75.0 cm³/mol. The number of aryl methyl sites for hydroxylation is 1. The van der Waals surface area contributed by atoms with Crippen LogP contribution in [0.3, 0.4) is 0 Å². The highest BCUT2D eigenvalue weighted by Crippen LogP contribution is 2.36. The van der Waals surface area contributed by atoms with Crippen LogP contribution < -0.4 is 11.1 Å². The first kappa shape index (κ1) is 13.5. The van der Waals surface area contributed by atoms with Gasteiger partial charge < -0.3 is 15.8 Å². The minimum absolute atomic E-state index is 0.0223. The Kier molecular flexibility index (Phi) is 3.72. The lowest BCUT2D eigenvalue weighted by Crippen LogP contribution is -2.72. The second-order valence-electron chi connectivity index (χ2n) is 5.76. The molecule has 0 radical (unpaired) electrons. The van der Waals surface area contributed by atoms with Crippen molar-refractivity contribution >= 4 is 5.91 Å². The maximum Gasteiger partial charge on any atom is 0.226 e. The van der Waals surface area contributed by atoms with Crippen LogP contribution in [-0.4, -0.2) is 35.7 Å². The highest BCUT2D eigenvalue weighted by Gasteiger charge is 2.50. The average molecular weight is 275 g/mol. The number of carbonyl (C=O) groups excluding carboxylic acids is 1. The molecule has 1 saturated carbocycles. The van der Waals surface area contributed by atoms with Crippen LogP contribution in [0.1, 0.15) is 24.1 Å². The van der Waals surface area contributed by atoms with E-state index in [1.807, 2.05) is 19.1 Å². The van der Waals surface area contributed by atoms with Gasteiger partial charge in [0.15, 0.2) is 0 Å². The number of hydrogen-bond donors (Lipinski definition) is 2. The molecule has 2 heterocycles. The number of nitrogens with one attached hydrogen (secondary N) is 1. The smallest absolute Gasteiger partial charge is 0.226 e. The largest absolute Gasteiger partial charge is 0.376 e. The molecule has 1 aromatic rings. The molecule has 4 unspecified atom stereocenters. The number of aromatic nitrogens is 1. The molecule has 1 aliphatic heterocycles. The molecule has 5 nitrogen and oxygen atoms in total. The Morgan fingerprint density at radius 3 is 3.25 bits per heavy atom. The van der Waals surface area contributed by atoms with Crippen LogP contribution in [0.2, 0.25) is 0 Å². The minimum Gasteiger partial charge on any atom is -0.376 e. The maximum atomic E-state index is 12.1. The van der Waals surface area contributed by atoms with Crippen molar-refractivity contribution in [2.24, 2.45) is 11.7 Å². The fourth-order valence-corrected chi connectivity index (χ4v) is 3.22. The molecule has 1 saturated heterocycles. The third-order valence-corrected chi connectivity index (χ3v) is 4.45. The van der Waals surface area contributed by atoms with Crippen LogP contribution in [0, 0.1) is 12.8 Å². The van der Waals surface area contributed by atoms with Crippen molar-refractivity contribution in [1.29, 1.82) is 0 Å². The number of carbonyl (C=O) groups is 1. The first-order valence-corrected chi connectivity index (χ1v) is 7.24. The standard InChI is InChI=1S/C15H21N3O2/c1-9-4-2-6-17-11(9)8-12(19)18-14-13(16)10-5-3-7-20-15(10)14/h2,4,6,10,13-15H,3,5,7-8,16H2,1H3,(H,18,19). The first-order chi connectivity index (χ1) is 9.66. The highest BCUT2D eigenvalue weighted by molar-refractivity contribution is 5.79. The molecule has 0 aromatic carbocycles. The fourth-order valence-electron chi connectivity index (χ4n) is 3.22. The number of hydrogen-bond acceptors (Lipinski definition) is 4. The van der Waals surface area contributed by atoms with E-state index < -0.39 is 0 Å². The summed E-state index contributed by atoms with van der Waals surface area (Å²) in [5, 5.41) is 3.01. The van der Waals surface area contributed by atoms with Crippen LogP contribution in [0.4, 0.5) is 0 Å². The number of ether oxygens (including phenoxy) is 1. The Bertz CT molecular complexity index is 506. The van der Waals surface area contributed by atoms with E-state index in [0.717, 1.165) is 30.7 Å². The number of pyridine rings is 1. The zero-order chi connectivity index (χ0) is 14.1. The van der Waals surface area contributed by atoms with Crippen molar-refractivity contribution < 1.29 is 9.53 Å². The molecular weight excluding hydrogens is 254 g/mol. The molecule has 108 valence electrons. The molecule has 0 bridgehead atoms. The Hall–Kier alpha value is -1.46. The molecule has 2 fully saturated rings. The van der Waals surface area contributed by atoms with Crippen LogP contribution in [0.5, 0.6) is 0 Å². The van der Waals surface area contributed by atoms with E-state index >= 15 is 0 Å². The van der Waals surface area contributed by atoms with Gasteiger partial charge in [-0.3, -0.25) is 9.78 Å². The molecule has 20 heavy (non-hydrogen) atoms. The Balaban J connectivity index is 1.58. The second-order valence-corrected chi connectivity index (χ2v) is 5.76. The Labute approximate surface area is 118 Å². The third-order valence-electron chi connectivity index (χ3n) is 4.45. The van der Waals surface area contributed by atoms with E-state index in [0.29, 0.717) is 12.3 Å². The fraction of sp³-hybridized carbons (Fsp3) is 0.600. The lowest BCUT2D eigenvalue weighted by atomic mass is 9.68. The zero-order valence-electron chi connectivity index (χ0n) is 11.7. The monoisotopic (exact) mass is 275 g/mol. The Morgan fingerprint density at radius 1 is 1.60 bits per heavy atom. The average Bonchev–Trinajstić information content (AvgIpc) is 2.47. The summed E-state index contributed by atoms with van der Waals surface area (Å²) in [6.07, 6.45) is 4.30. The lowest BCUT2D eigenvalue weighted by molar-refractivity contribution is -0.138. The van der Waals surface area contributed by atoms with Gasteiger partial charge in [0, 0.05) is 24.8 Å². The van der Waals surface area contributed by atoms with E-state index in [9.17, 15) is 4.79 Å². The number of fused-ring (bicyclic) bond motifs is 1. The van der Waals surface area contributed by atoms with Gasteiger partial charge in [0.2, 0.25) is 5.91 Å². The predicted octanol–water partition coefficient (Wildman–Crippen LogP) is 0.553. The van der Waals surface area contributed by atoms with Crippen molar-refractivity contribution in [1.82, 2.24) is 10.3 Å². The summed E-state index contributed by atoms with van der Waals surface area (Å²) in [4.78, 5) is 16.4. The topological polar surface area (TPSA) is 77.2 Å². The minimum atomic E-state index is -0.0446. The van der Waals surface area contributed by atoms with Crippen LogP contribution in [0.15, 0.2) is 18.3 Å².